The zero-order chi connectivity index (χ0) is 17.9. The molecule has 0 aliphatic carbocycles. The van der Waals surface area contributed by atoms with Gasteiger partial charge in [0, 0.05) is 18.0 Å². The van der Waals surface area contributed by atoms with Crippen molar-refractivity contribution in [1.82, 2.24) is 0 Å². The van der Waals surface area contributed by atoms with Crippen molar-refractivity contribution in [2.45, 2.75) is 5.75 Å². The van der Waals surface area contributed by atoms with Crippen LogP contribution in [-0.4, -0.2) is 25.5 Å². The molecule has 0 bridgehead atoms. The average molecular weight is 352 g/mol. The molecule has 0 spiro atoms. The van der Waals surface area contributed by atoms with E-state index in [1.165, 1.54) is 12.1 Å². The number of nitro benzene ring substituents is 1. The van der Waals surface area contributed by atoms with Gasteiger partial charge in [-0.1, -0.05) is 12.1 Å². The Kier molecular flexibility index (Phi) is 4.93. The van der Waals surface area contributed by atoms with Gasteiger partial charge >= 0.3 is 0 Å². The Morgan fingerprint density at radius 1 is 1.25 bits per heavy atom. The largest absolute Gasteiger partial charge is 0.322 e. The van der Waals surface area contributed by atoms with E-state index in [9.17, 15) is 27.7 Å². The van der Waals surface area contributed by atoms with Gasteiger partial charge in [0.25, 0.3) is 11.6 Å². The minimum Gasteiger partial charge on any atom is -0.322 e. The molecule has 2 rings (SSSR count). The molecule has 0 saturated carbocycles. The number of sulfone groups is 1. The molecule has 9 heteroatoms. The second kappa shape index (κ2) is 6.75. The minimum absolute atomic E-state index is 0.192. The fourth-order valence-corrected chi connectivity index (χ4v) is 2.83. The fourth-order valence-electron chi connectivity index (χ4n) is 2.04. The lowest BCUT2D eigenvalue weighted by atomic mass is 10.1. The highest BCUT2D eigenvalue weighted by Crippen LogP contribution is 2.19. The number of nitrogens with zero attached hydrogens (tertiary/aromatic N) is 1. The maximum Gasteiger partial charge on any atom is 0.272 e. The first kappa shape index (κ1) is 17.5. The lowest BCUT2D eigenvalue weighted by molar-refractivity contribution is -0.385. The van der Waals surface area contributed by atoms with Crippen LogP contribution in [0, 0.1) is 15.9 Å². The molecule has 2 aromatic rings. The summed E-state index contributed by atoms with van der Waals surface area (Å²) >= 11 is 0. The summed E-state index contributed by atoms with van der Waals surface area (Å²) in [4.78, 5) is 21.9. The number of benzene rings is 2. The van der Waals surface area contributed by atoms with E-state index < -0.39 is 32.2 Å². The van der Waals surface area contributed by atoms with Crippen molar-refractivity contribution in [3.63, 3.8) is 0 Å². The first-order valence-electron chi connectivity index (χ1n) is 6.68. The van der Waals surface area contributed by atoms with E-state index in [0.717, 1.165) is 18.4 Å². The van der Waals surface area contributed by atoms with Gasteiger partial charge in [-0.05, 0) is 23.8 Å². The normalized spacial score (nSPS) is 11.1. The molecular formula is C15H13FN2O5S. The molecule has 0 unspecified atom stereocenters. The number of hydrogen-bond acceptors (Lipinski definition) is 5. The second-order valence-corrected chi connectivity index (χ2v) is 7.29. The summed E-state index contributed by atoms with van der Waals surface area (Å²) in [5, 5.41) is 13.0. The Bertz CT molecular complexity index is 912. The van der Waals surface area contributed by atoms with Gasteiger partial charge in [-0.25, -0.2) is 12.8 Å². The third-order valence-corrected chi connectivity index (χ3v) is 3.88. The van der Waals surface area contributed by atoms with E-state index in [0.29, 0.717) is 17.3 Å². The third kappa shape index (κ3) is 4.59. The number of anilines is 1. The maximum atomic E-state index is 13.8. The minimum atomic E-state index is -3.23. The lowest BCUT2D eigenvalue weighted by Crippen LogP contribution is -2.14. The first-order chi connectivity index (χ1) is 11.2. The third-order valence-electron chi connectivity index (χ3n) is 3.02. The van der Waals surface area contributed by atoms with Crippen LogP contribution in [0.3, 0.4) is 0 Å². The van der Waals surface area contributed by atoms with Crippen molar-refractivity contribution in [1.29, 1.82) is 0 Å². The summed E-state index contributed by atoms with van der Waals surface area (Å²) in [5.74, 6) is -2.00. The van der Waals surface area contributed by atoms with Crippen molar-refractivity contribution in [2.24, 2.45) is 0 Å². The predicted molar refractivity (Wildman–Crippen MR) is 86.0 cm³/mol. The van der Waals surface area contributed by atoms with E-state index in [-0.39, 0.29) is 11.3 Å². The topological polar surface area (TPSA) is 106 Å². The fraction of sp³-hybridized carbons (Fsp3) is 0.133. The molecule has 0 aliphatic rings. The Balaban J connectivity index is 2.21. The van der Waals surface area contributed by atoms with Gasteiger partial charge in [0.1, 0.15) is 5.82 Å². The van der Waals surface area contributed by atoms with Crippen LogP contribution in [-0.2, 0) is 15.6 Å². The number of hydrogen-bond donors (Lipinski definition) is 1. The van der Waals surface area contributed by atoms with Gasteiger partial charge in [-0.2, -0.15) is 0 Å². The number of rotatable bonds is 5. The smallest absolute Gasteiger partial charge is 0.272 e. The van der Waals surface area contributed by atoms with Crippen LogP contribution in [0.1, 0.15) is 15.9 Å². The molecule has 0 radical (unpaired) electrons. The van der Waals surface area contributed by atoms with Crippen molar-refractivity contribution in [3.8, 4) is 0 Å². The Hall–Kier alpha value is -2.81. The van der Waals surface area contributed by atoms with Gasteiger partial charge in [-0.3, -0.25) is 14.9 Å². The molecule has 1 amide bonds. The molecule has 2 aromatic carbocycles. The van der Waals surface area contributed by atoms with Gasteiger partial charge < -0.3 is 5.32 Å². The van der Waals surface area contributed by atoms with Crippen LogP contribution < -0.4 is 5.32 Å². The van der Waals surface area contributed by atoms with Crippen LogP contribution in [0.5, 0.6) is 0 Å². The van der Waals surface area contributed by atoms with Gasteiger partial charge in [0.05, 0.1) is 22.3 Å². The highest BCUT2D eigenvalue weighted by atomic mass is 32.2. The molecule has 0 aromatic heterocycles. The van der Waals surface area contributed by atoms with Gasteiger partial charge in [-0.15, -0.1) is 0 Å². The molecule has 7 nitrogen and oxygen atoms in total. The molecule has 0 fully saturated rings. The summed E-state index contributed by atoms with van der Waals surface area (Å²) in [6.45, 7) is 0. The molecular weight excluding hydrogens is 339 g/mol. The van der Waals surface area contributed by atoms with Crippen molar-refractivity contribution in [3.05, 3.63) is 69.5 Å². The number of halogens is 1. The van der Waals surface area contributed by atoms with E-state index in [2.05, 4.69) is 5.32 Å². The molecule has 0 heterocycles. The van der Waals surface area contributed by atoms with Crippen molar-refractivity contribution < 1.29 is 22.5 Å². The van der Waals surface area contributed by atoms with Crippen molar-refractivity contribution in [2.75, 3.05) is 11.6 Å². The first-order valence-corrected chi connectivity index (χ1v) is 8.74. The number of nitro groups is 1. The summed E-state index contributed by atoms with van der Waals surface area (Å²) < 4.78 is 36.4. The molecule has 0 saturated heterocycles. The molecule has 24 heavy (non-hydrogen) atoms. The summed E-state index contributed by atoms with van der Waals surface area (Å²) in [7, 11) is -3.23. The number of non-ortho nitro benzene ring substituents is 1. The highest BCUT2D eigenvalue weighted by molar-refractivity contribution is 7.89. The van der Waals surface area contributed by atoms with Crippen LogP contribution in [0.25, 0.3) is 0 Å². The van der Waals surface area contributed by atoms with E-state index in [1.807, 2.05) is 0 Å². The Morgan fingerprint density at radius 3 is 2.54 bits per heavy atom. The number of nitrogens with one attached hydrogen (secondary N) is 1. The van der Waals surface area contributed by atoms with E-state index in [4.69, 9.17) is 0 Å². The summed E-state index contributed by atoms with van der Waals surface area (Å²) in [6.07, 6.45) is 1.09. The SMILES string of the molecule is CS(=O)(=O)Cc1cccc(NC(=O)c2ccc([N+](=O)[O-])cc2F)c1. The average Bonchev–Trinajstić information content (AvgIpc) is 2.45. The quantitative estimate of drug-likeness (QED) is 0.657. The zero-order valence-corrected chi connectivity index (χ0v) is 13.3. The predicted octanol–water partition coefficient (Wildman–Crippen LogP) is 2.53. The van der Waals surface area contributed by atoms with Crippen LogP contribution >= 0.6 is 0 Å². The van der Waals surface area contributed by atoms with Crippen LogP contribution in [0.4, 0.5) is 15.8 Å². The van der Waals surface area contributed by atoms with Crippen molar-refractivity contribution >= 4 is 27.1 Å². The molecule has 0 atom stereocenters. The maximum absolute atomic E-state index is 13.8. The van der Waals surface area contributed by atoms with Gasteiger partial charge in [0.15, 0.2) is 9.84 Å². The number of amides is 1. The second-order valence-electron chi connectivity index (χ2n) is 5.15. The number of carbonyl (C=O) groups is 1. The Labute approximate surface area is 137 Å². The van der Waals surface area contributed by atoms with Crippen LogP contribution in [0.2, 0.25) is 0 Å². The lowest BCUT2D eigenvalue weighted by Gasteiger charge is -2.08. The molecule has 126 valence electrons. The van der Waals surface area contributed by atoms with Gasteiger partial charge in [0.2, 0.25) is 0 Å². The van der Waals surface area contributed by atoms with Crippen LogP contribution in [0.15, 0.2) is 42.5 Å². The van der Waals surface area contributed by atoms with E-state index >= 15 is 0 Å². The summed E-state index contributed by atoms with van der Waals surface area (Å²) in [5.41, 5.74) is -0.0494. The molecule has 0 aliphatic heterocycles. The number of carbonyl (C=O) groups excluding carboxylic acids is 1. The molecule has 1 N–H and O–H groups in total. The summed E-state index contributed by atoms with van der Waals surface area (Å²) in [6, 6.07) is 8.83. The standard InChI is InChI=1S/C15H13FN2O5S/c1-24(22,23)9-10-3-2-4-11(7-10)17-15(19)13-6-5-12(18(20)21)8-14(13)16/h2-8H,9H2,1H3,(H,17,19). The highest BCUT2D eigenvalue weighted by Gasteiger charge is 2.16. The monoisotopic (exact) mass is 352 g/mol. The Morgan fingerprint density at radius 2 is 1.96 bits per heavy atom. The van der Waals surface area contributed by atoms with E-state index in [1.54, 1.807) is 12.1 Å². The zero-order valence-electron chi connectivity index (χ0n) is 12.5.